The highest BCUT2D eigenvalue weighted by molar-refractivity contribution is 5.94. The molecule has 25 heavy (non-hydrogen) atoms. The van der Waals surface area contributed by atoms with Crippen LogP contribution in [0.2, 0.25) is 0 Å². The summed E-state index contributed by atoms with van der Waals surface area (Å²) in [6.07, 6.45) is 5.66. The van der Waals surface area contributed by atoms with Crippen LogP contribution in [0.5, 0.6) is 5.75 Å². The third-order valence-electron chi connectivity index (χ3n) is 5.74. The molecule has 2 saturated heterocycles. The van der Waals surface area contributed by atoms with Gasteiger partial charge >= 0.3 is 0 Å². The van der Waals surface area contributed by atoms with E-state index in [2.05, 4.69) is 0 Å². The van der Waals surface area contributed by atoms with E-state index >= 15 is 0 Å². The van der Waals surface area contributed by atoms with Gasteiger partial charge < -0.3 is 19.1 Å². The second-order valence-corrected chi connectivity index (χ2v) is 7.62. The average Bonchev–Trinajstić information content (AvgIpc) is 3.41. The van der Waals surface area contributed by atoms with Crippen molar-refractivity contribution in [1.82, 2.24) is 4.90 Å². The van der Waals surface area contributed by atoms with Gasteiger partial charge in [0.05, 0.1) is 25.4 Å². The largest absolute Gasteiger partial charge is 0.497 e. The molecule has 1 aromatic rings. The molecule has 5 heteroatoms. The Morgan fingerprint density at radius 2 is 1.96 bits per heavy atom. The number of benzene rings is 1. The smallest absolute Gasteiger partial charge is 0.253 e. The van der Waals surface area contributed by atoms with Gasteiger partial charge in [0.25, 0.3) is 5.91 Å². The van der Waals surface area contributed by atoms with Gasteiger partial charge in [0, 0.05) is 31.7 Å². The van der Waals surface area contributed by atoms with Crippen molar-refractivity contribution in [3.05, 3.63) is 29.8 Å². The van der Waals surface area contributed by atoms with Crippen molar-refractivity contribution < 1.29 is 19.0 Å². The van der Waals surface area contributed by atoms with Crippen molar-refractivity contribution in [1.29, 1.82) is 0 Å². The predicted octanol–water partition coefficient (Wildman–Crippen LogP) is 2.89. The van der Waals surface area contributed by atoms with E-state index in [1.165, 1.54) is 12.8 Å². The van der Waals surface area contributed by atoms with E-state index < -0.39 is 0 Å². The zero-order valence-electron chi connectivity index (χ0n) is 14.9. The summed E-state index contributed by atoms with van der Waals surface area (Å²) in [7, 11) is 1.63. The highest BCUT2D eigenvalue weighted by Gasteiger charge is 2.44. The number of ether oxygens (including phenoxy) is 3. The average molecular weight is 345 g/mol. The van der Waals surface area contributed by atoms with Crippen LogP contribution in [0.3, 0.4) is 0 Å². The van der Waals surface area contributed by atoms with Gasteiger partial charge in [-0.2, -0.15) is 0 Å². The number of carbonyl (C=O) groups is 1. The van der Waals surface area contributed by atoms with Crippen LogP contribution in [0.1, 0.15) is 42.5 Å². The van der Waals surface area contributed by atoms with Gasteiger partial charge in [0.2, 0.25) is 0 Å². The lowest BCUT2D eigenvalue weighted by molar-refractivity contribution is -0.0410. The minimum atomic E-state index is -0.0785. The molecule has 3 aliphatic rings. The minimum absolute atomic E-state index is 0.0785. The molecule has 0 radical (unpaired) electrons. The van der Waals surface area contributed by atoms with Crippen LogP contribution < -0.4 is 4.74 Å². The van der Waals surface area contributed by atoms with Crippen LogP contribution in [0.4, 0.5) is 0 Å². The quantitative estimate of drug-likeness (QED) is 0.823. The molecule has 1 atom stereocenters. The van der Waals surface area contributed by atoms with Gasteiger partial charge in [0.1, 0.15) is 5.75 Å². The molecule has 1 unspecified atom stereocenters. The lowest BCUT2D eigenvalue weighted by atomic mass is 9.87. The van der Waals surface area contributed by atoms with Crippen molar-refractivity contribution in [2.75, 3.05) is 33.4 Å². The molecule has 2 heterocycles. The molecule has 0 aromatic heterocycles. The number of amides is 1. The third-order valence-corrected chi connectivity index (χ3v) is 5.74. The summed E-state index contributed by atoms with van der Waals surface area (Å²) in [5.74, 6) is 1.66. The molecule has 1 saturated carbocycles. The van der Waals surface area contributed by atoms with Gasteiger partial charge in [-0.1, -0.05) is 0 Å². The molecule has 0 N–H and O–H groups in total. The Labute approximate surface area is 149 Å². The second-order valence-electron chi connectivity index (χ2n) is 7.62. The zero-order valence-corrected chi connectivity index (χ0v) is 14.9. The highest BCUT2D eigenvalue weighted by atomic mass is 16.6. The fourth-order valence-corrected chi connectivity index (χ4v) is 3.85. The lowest BCUT2D eigenvalue weighted by Crippen LogP contribution is -2.46. The minimum Gasteiger partial charge on any atom is -0.497 e. The zero-order chi connectivity index (χ0) is 17.3. The summed E-state index contributed by atoms with van der Waals surface area (Å²) in [5, 5.41) is 0. The van der Waals surface area contributed by atoms with Crippen molar-refractivity contribution in [2.24, 2.45) is 5.92 Å². The SMILES string of the molecule is COc1ccc(C(=O)N2CCC3(CC2)CC(OCC2CC2)CO3)cc1. The Kier molecular flexibility index (Phi) is 4.69. The maximum atomic E-state index is 12.7. The predicted molar refractivity (Wildman–Crippen MR) is 93.9 cm³/mol. The van der Waals surface area contributed by atoms with Crippen LogP contribution in [0.15, 0.2) is 24.3 Å². The van der Waals surface area contributed by atoms with Crippen molar-refractivity contribution in [3.63, 3.8) is 0 Å². The molecule has 1 spiro atoms. The van der Waals surface area contributed by atoms with E-state index in [9.17, 15) is 4.79 Å². The van der Waals surface area contributed by atoms with E-state index in [0.717, 1.165) is 56.2 Å². The van der Waals surface area contributed by atoms with Gasteiger partial charge in [-0.3, -0.25) is 4.79 Å². The fraction of sp³-hybridized carbons (Fsp3) is 0.650. The number of likely N-dealkylation sites (tertiary alicyclic amines) is 1. The summed E-state index contributed by atoms with van der Waals surface area (Å²) in [6, 6.07) is 7.33. The molecular formula is C20H27NO4. The fourth-order valence-electron chi connectivity index (χ4n) is 3.85. The summed E-state index contributed by atoms with van der Waals surface area (Å²) in [5.41, 5.74) is 0.639. The van der Waals surface area contributed by atoms with Crippen LogP contribution in [-0.4, -0.2) is 55.9 Å². The monoisotopic (exact) mass is 345 g/mol. The summed E-state index contributed by atoms with van der Waals surface area (Å²) < 4.78 is 17.3. The third kappa shape index (κ3) is 3.82. The molecule has 4 rings (SSSR count). The molecule has 1 aliphatic carbocycles. The number of rotatable bonds is 5. The summed E-state index contributed by atoms with van der Waals surface area (Å²) >= 11 is 0. The topological polar surface area (TPSA) is 48.0 Å². The first kappa shape index (κ1) is 16.9. The van der Waals surface area contributed by atoms with E-state index in [4.69, 9.17) is 14.2 Å². The van der Waals surface area contributed by atoms with Gasteiger partial charge in [0.15, 0.2) is 0 Å². The Morgan fingerprint density at radius 1 is 1.24 bits per heavy atom. The van der Waals surface area contributed by atoms with Crippen molar-refractivity contribution in [2.45, 2.75) is 43.8 Å². The summed E-state index contributed by atoms with van der Waals surface area (Å²) in [4.78, 5) is 14.6. The second kappa shape index (κ2) is 6.96. The summed E-state index contributed by atoms with van der Waals surface area (Å²) in [6.45, 7) is 3.10. The standard InChI is InChI=1S/C20H27NO4/c1-23-17-6-4-16(5-7-17)19(22)21-10-8-20(9-11-21)12-18(14-25-20)24-13-15-2-3-15/h4-7,15,18H,2-3,8-14H2,1H3. The molecule has 1 aromatic carbocycles. The van der Waals surface area contributed by atoms with E-state index in [-0.39, 0.29) is 17.6 Å². The maximum absolute atomic E-state index is 12.7. The van der Waals surface area contributed by atoms with Gasteiger partial charge in [-0.15, -0.1) is 0 Å². The van der Waals surface area contributed by atoms with E-state index in [1.807, 2.05) is 29.2 Å². The number of piperidine rings is 1. The number of methoxy groups -OCH3 is 1. The Bertz CT molecular complexity index is 603. The number of hydrogen-bond acceptors (Lipinski definition) is 4. The van der Waals surface area contributed by atoms with E-state index in [1.54, 1.807) is 7.11 Å². The molecule has 136 valence electrons. The van der Waals surface area contributed by atoms with E-state index in [0.29, 0.717) is 6.61 Å². The van der Waals surface area contributed by atoms with Gasteiger partial charge in [-0.25, -0.2) is 0 Å². The normalized spacial score (nSPS) is 25.3. The molecule has 2 aliphatic heterocycles. The number of nitrogens with zero attached hydrogens (tertiary/aromatic N) is 1. The first-order chi connectivity index (χ1) is 12.2. The molecule has 3 fully saturated rings. The van der Waals surface area contributed by atoms with Gasteiger partial charge in [-0.05, 0) is 55.9 Å². The molecule has 5 nitrogen and oxygen atoms in total. The highest BCUT2D eigenvalue weighted by Crippen LogP contribution is 2.38. The molecule has 0 bridgehead atoms. The number of carbonyl (C=O) groups excluding carboxylic acids is 1. The Hall–Kier alpha value is -1.59. The maximum Gasteiger partial charge on any atom is 0.253 e. The van der Waals surface area contributed by atoms with Crippen LogP contribution in [0, 0.1) is 5.92 Å². The number of hydrogen-bond donors (Lipinski definition) is 0. The van der Waals surface area contributed by atoms with Crippen LogP contribution >= 0.6 is 0 Å². The van der Waals surface area contributed by atoms with Crippen molar-refractivity contribution >= 4 is 5.91 Å². The van der Waals surface area contributed by atoms with Crippen LogP contribution in [-0.2, 0) is 9.47 Å². The Balaban J connectivity index is 1.29. The lowest BCUT2D eigenvalue weighted by Gasteiger charge is -2.38. The Morgan fingerprint density at radius 3 is 2.60 bits per heavy atom. The van der Waals surface area contributed by atoms with Crippen LogP contribution in [0.25, 0.3) is 0 Å². The first-order valence-corrected chi connectivity index (χ1v) is 9.36. The molecular weight excluding hydrogens is 318 g/mol. The first-order valence-electron chi connectivity index (χ1n) is 9.36. The molecule has 1 amide bonds. The van der Waals surface area contributed by atoms with Crippen molar-refractivity contribution in [3.8, 4) is 5.75 Å².